The number of nitrogens with zero attached hydrogens (tertiary/aromatic N) is 2. The van der Waals surface area contributed by atoms with Gasteiger partial charge in [-0.15, -0.1) is 0 Å². The Bertz CT molecular complexity index is 702. The predicted molar refractivity (Wildman–Crippen MR) is 79.7 cm³/mol. The maximum Gasteiger partial charge on any atom is 0.274 e. The van der Waals surface area contributed by atoms with Crippen molar-refractivity contribution in [3.8, 4) is 0 Å². The number of hydrogen-bond acceptors (Lipinski definition) is 4. The summed E-state index contributed by atoms with van der Waals surface area (Å²) in [5, 5.41) is 2.55. The van der Waals surface area contributed by atoms with Gasteiger partial charge in [0.15, 0.2) is 0 Å². The van der Waals surface area contributed by atoms with Crippen LogP contribution in [-0.2, 0) is 0 Å². The highest BCUT2D eigenvalue weighted by atomic mass is 32.1. The second-order valence-corrected chi connectivity index (χ2v) is 4.40. The van der Waals surface area contributed by atoms with Crippen molar-refractivity contribution < 1.29 is 13.6 Å². The van der Waals surface area contributed by atoms with Gasteiger partial charge in [-0.05, 0) is 50.1 Å². The second-order valence-electron chi connectivity index (χ2n) is 4.20. The second kappa shape index (κ2) is 6.45. The minimum absolute atomic E-state index is 0.0573. The molecular weight excluding hydrogens is 296 g/mol. The highest BCUT2D eigenvalue weighted by molar-refractivity contribution is 7.79. The molecule has 0 aliphatic rings. The lowest BCUT2D eigenvalue weighted by atomic mass is 10.1. The predicted octanol–water partition coefficient (Wildman–Crippen LogP) is 3.27. The number of aromatic nitrogens is 1. The molecular formula is C14H11F2N3OS. The quantitative estimate of drug-likeness (QED) is 0.675. The molecule has 1 N–H and O–H groups in total. The van der Waals surface area contributed by atoms with Crippen LogP contribution >= 0.6 is 12.8 Å². The molecule has 2 rings (SSSR count). The zero-order chi connectivity index (χ0) is 15.4. The Morgan fingerprint density at radius 1 is 1.29 bits per heavy atom. The van der Waals surface area contributed by atoms with E-state index in [0.29, 0.717) is 11.4 Å². The van der Waals surface area contributed by atoms with E-state index in [-0.39, 0.29) is 11.3 Å². The van der Waals surface area contributed by atoms with Crippen molar-refractivity contribution in [2.24, 2.45) is 4.40 Å². The smallest absolute Gasteiger partial charge is 0.274 e. The van der Waals surface area contributed by atoms with Crippen molar-refractivity contribution in [2.75, 3.05) is 5.32 Å². The fourth-order valence-corrected chi connectivity index (χ4v) is 1.75. The van der Waals surface area contributed by atoms with Crippen LogP contribution in [0.25, 0.3) is 0 Å². The number of carbonyl (C=O) groups excluding carboxylic acids is 1. The lowest BCUT2D eigenvalue weighted by molar-refractivity contribution is 0.102. The third-order valence-electron chi connectivity index (χ3n) is 2.72. The first kappa shape index (κ1) is 15.1. The van der Waals surface area contributed by atoms with Crippen molar-refractivity contribution in [3.05, 3.63) is 59.4 Å². The van der Waals surface area contributed by atoms with Crippen molar-refractivity contribution in [2.45, 2.75) is 6.92 Å². The summed E-state index contributed by atoms with van der Waals surface area (Å²) < 4.78 is 30.0. The van der Waals surface area contributed by atoms with E-state index in [1.807, 2.05) is 0 Å². The van der Waals surface area contributed by atoms with E-state index in [1.54, 1.807) is 6.92 Å². The summed E-state index contributed by atoms with van der Waals surface area (Å²) in [6.45, 7) is 1.60. The molecule has 7 heteroatoms. The topological polar surface area (TPSA) is 54.4 Å². The molecule has 0 radical (unpaired) electrons. The number of hydrogen-bond donors (Lipinski definition) is 2. The van der Waals surface area contributed by atoms with Gasteiger partial charge in [-0.3, -0.25) is 4.79 Å². The Labute approximate surface area is 125 Å². The summed E-state index contributed by atoms with van der Waals surface area (Å²) in [4.78, 5) is 15.6. The minimum Gasteiger partial charge on any atom is -0.321 e. The van der Waals surface area contributed by atoms with E-state index in [1.165, 1.54) is 24.3 Å². The Kier molecular flexibility index (Phi) is 4.64. The van der Waals surface area contributed by atoms with Crippen LogP contribution in [0.1, 0.15) is 23.0 Å². The molecule has 0 bridgehead atoms. The molecule has 108 valence electrons. The number of carbonyl (C=O) groups is 1. The molecule has 0 saturated carbocycles. The monoisotopic (exact) mass is 307 g/mol. The van der Waals surface area contributed by atoms with E-state index < -0.39 is 17.5 Å². The van der Waals surface area contributed by atoms with Crippen LogP contribution in [0.3, 0.4) is 0 Å². The average Bonchev–Trinajstić information content (AvgIpc) is 2.49. The van der Waals surface area contributed by atoms with Gasteiger partial charge in [0.1, 0.15) is 17.3 Å². The van der Waals surface area contributed by atoms with Crippen molar-refractivity contribution in [1.82, 2.24) is 4.98 Å². The van der Waals surface area contributed by atoms with Gasteiger partial charge in [0.2, 0.25) is 0 Å². The Balaban J connectivity index is 2.23. The largest absolute Gasteiger partial charge is 0.321 e. The standard InChI is InChI=1S/C14H11F2N3OS/c1-8(19-21)11-6-10(3-4-12(11)16)18-14(20)13-5-2-9(15)7-17-13/h2-7,21H,1H3,(H,18,20)/b19-8+. The van der Waals surface area contributed by atoms with Crippen LogP contribution in [0.2, 0.25) is 0 Å². The summed E-state index contributed by atoms with van der Waals surface area (Å²) in [5.41, 5.74) is 1.04. The van der Waals surface area contributed by atoms with Crippen LogP contribution in [0.4, 0.5) is 14.5 Å². The zero-order valence-electron chi connectivity index (χ0n) is 11.0. The van der Waals surface area contributed by atoms with Gasteiger partial charge in [-0.25, -0.2) is 18.2 Å². The molecule has 0 saturated heterocycles. The molecule has 1 amide bonds. The first-order valence-corrected chi connectivity index (χ1v) is 6.32. The molecule has 0 unspecified atom stereocenters. The average molecular weight is 307 g/mol. The third kappa shape index (κ3) is 3.63. The Hall–Kier alpha value is -2.28. The van der Waals surface area contributed by atoms with Crippen molar-refractivity contribution in [3.63, 3.8) is 0 Å². The molecule has 0 fully saturated rings. The number of thiol groups is 1. The van der Waals surface area contributed by atoms with Crippen LogP contribution in [0, 0.1) is 11.6 Å². The molecule has 2 aromatic rings. The highest BCUT2D eigenvalue weighted by Crippen LogP contribution is 2.17. The first-order valence-electron chi connectivity index (χ1n) is 5.92. The fraction of sp³-hybridized carbons (Fsp3) is 0.0714. The van der Waals surface area contributed by atoms with Gasteiger partial charge < -0.3 is 5.32 Å². The van der Waals surface area contributed by atoms with Crippen LogP contribution in [0.5, 0.6) is 0 Å². The number of halogens is 2. The molecule has 0 aliphatic carbocycles. The fourth-order valence-electron chi connectivity index (χ4n) is 1.64. The Morgan fingerprint density at radius 3 is 2.67 bits per heavy atom. The van der Waals surface area contributed by atoms with Gasteiger partial charge >= 0.3 is 0 Å². The van der Waals surface area contributed by atoms with Crippen molar-refractivity contribution in [1.29, 1.82) is 0 Å². The number of anilines is 1. The number of pyridine rings is 1. The van der Waals surface area contributed by atoms with Crippen LogP contribution in [-0.4, -0.2) is 16.6 Å². The maximum absolute atomic E-state index is 13.6. The number of rotatable bonds is 3. The first-order chi connectivity index (χ1) is 10.0. The van der Waals surface area contributed by atoms with Crippen molar-refractivity contribution >= 4 is 30.1 Å². The van der Waals surface area contributed by atoms with Gasteiger partial charge in [0, 0.05) is 11.3 Å². The zero-order valence-corrected chi connectivity index (χ0v) is 11.9. The molecule has 4 nitrogen and oxygen atoms in total. The number of benzene rings is 1. The summed E-state index contributed by atoms with van der Waals surface area (Å²) in [5.74, 6) is -1.52. The van der Waals surface area contributed by atoms with Gasteiger partial charge in [-0.1, -0.05) is 0 Å². The van der Waals surface area contributed by atoms with Crippen LogP contribution < -0.4 is 5.32 Å². The third-order valence-corrected chi connectivity index (χ3v) is 3.02. The SMILES string of the molecule is C/C(=N\S)c1cc(NC(=O)c2ccc(F)cn2)ccc1F. The Morgan fingerprint density at radius 2 is 2.05 bits per heavy atom. The lowest BCUT2D eigenvalue weighted by Gasteiger charge is -2.08. The van der Waals surface area contributed by atoms with Crippen LogP contribution in [0.15, 0.2) is 40.9 Å². The van der Waals surface area contributed by atoms with E-state index in [4.69, 9.17) is 0 Å². The van der Waals surface area contributed by atoms with E-state index in [9.17, 15) is 13.6 Å². The minimum atomic E-state index is -0.531. The van der Waals surface area contributed by atoms with Gasteiger partial charge in [0.05, 0.1) is 11.9 Å². The molecule has 1 aromatic heterocycles. The number of amides is 1. The lowest BCUT2D eigenvalue weighted by Crippen LogP contribution is -2.14. The van der Waals surface area contributed by atoms with E-state index in [2.05, 4.69) is 27.5 Å². The van der Waals surface area contributed by atoms with Gasteiger partial charge in [0.25, 0.3) is 5.91 Å². The summed E-state index contributed by atoms with van der Waals surface area (Å²) >= 11 is 3.73. The molecule has 1 aromatic carbocycles. The molecule has 21 heavy (non-hydrogen) atoms. The molecule has 0 spiro atoms. The number of nitrogens with one attached hydrogen (secondary N) is 1. The summed E-state index contributed by atoms with van der Waals surface area (Å²) in [6.07, 6.45) is 0.947. The van der Waals surface area contributed by atoms with E-state index in [0.717, 1.165) is 12.3 Å². The highest BCUT2D eigenvalue weighted by Gasteiger charge is 2.11. The summed E-state index contributed by atoms with van der Waals surface area (Å²) in [7, 11) is 0. The van der Waals surface area contributed by atoms with Gasteiger partial charge in [-0.2, -0.15) is 0 Å². The maximum atomic E-state index is 13.6. The van der Waals surface area contributed by atoms with E-state index >= 15 is 0 Å². The molecule has 0 aliphatic heterocycles. The molecule has 1 heterocycles. The molecule has 0 atom stereocenters. The summed E-state index contributed by atoms with van der Waals surface area (Å²) in [6, 6.07) is 6.45. The normalized spacial score (nSPS) is 11.3.